The van der Waals surface area contributed by atoms with Crippen LogP contribution in [0.4, 0.5) is 4.79 Å². The number of aliphatic hydroxyl groups is 1. The summed E-state index contributed by atoms with van der Waals surface area (Å²) in [6.45, 7) is 7.95. The predicted octanol–water partition coefficient (Wildman–Crippen LogP) is 3.57. The Labute approximate surface area is 217 Å². The van der Waals surface area contributed by atoms with E-state index < -0.39 is 30.3 Å². The first-order valence-corrected chi connectivity index (χ1v) is 12.7. The third-order valence-electron chi connectivity index (χ3n) is 6.06. The zero-order chi connectivity index (χ0) is 26.8. The summed E-state index contributed by atoms with van der Waals surface area (Å²) in [7, 11) is 0. The largest absolute Gasteiger partial charge is 0.445 e. The van der Waals surface area contributed by atoms with Gasteiger partial charge in [0.15, 0.2) is 6.10 Å². The number of aromatic nitrogens is 4. The number of carbonyl (C=O) groups excluding carboxylic acids is 2. The van der Waals surface area contributed by atoms with Gasteiger partial charge >= 0.3 is 6.09 Å². The number of H-pyrrole nitrogens is 1. The fourth-order valence-electron chi connectivity index (χ4n) is 3.86. The standard InChI is InChI=1S/C27H38N6O4/c1-5-6-13-21(24(34)25(35)32-33-15-10-14-29-33)31-26(36)37-22(27(2,3)4)17-23-28-18-20(30-23)16-19-11-8-7-9-12-19/h7-12,14-15,18,21-22,24,34H,5-6,13,16-17H2,1-4H3,(H,28,30)(H,31,36)(H,32,35)/t21-,22-,24+/m0/s1. The maximum absolute atomic E-state index is 12.9. The van der Waals surface area contributed by atoms with E-state index in [0.29, 0.717) is 12.8 Å². The highest BCUT2D eigenvalue weighted by molar-refractivity contribution is 5.88. The van der Waals surface area contributed by atoms with Gasteiger partial charge in [0, 0.05) is 30.9 Å². The highest BCUT2D eigenvalue weighted by Crippen LogP contribution is 2.25. The first-order chi connectivity index (χ1) is 17.7. The highest BCUT2D eigenvalue weighted by atomic mass is 16.6. The van der Waals surface area contributed by atoms with Crippen LogP contribution in [0.3, 0.4) is 0 Å². The summed E-state index contributed by atoms with van der Waals surface area (Å²) in [4.78, 5) is 34.5. The third-order valence-corrected chi connectivity index (χ3v) is 6.06. The van der Waals surface area contributed by atoms with Crippen molar-refractivity contribution in [2.24, 2.45) is 5.41 Å². The van der Waals surface area contributed by atoms with Crippen LogP contribution in [-0.2, 0) is 22.4 Å². The average Bonchev–Trinajstić information content (AvgIpc) is 3.53. The zero-order valence-electron chi connectivity index (χ0n) is 22.0. The van der Waals surface area contributed by atoms with Crippen LogP contribution in [0.25, 0.3) is 0 Å². The molecule has 2 amide bonds. The molecule has 10 heteroatoms. The number of nitrogens with zero attached hydrogens (tertiary/aromatic N) is 3. The Morgan fingerprint density at radius 1 is 1.19 bits per heavy atom. The summed E-state index contributed by atoms with van der Waals surface area (Å²) >= 11 is 0. The molecule has 3 atom stereocenters. The molecule has 2 aromatic heterocycles. The van der Waals surface area contributed by atoms with Gasteiger partial charge in [0.2, 0.25) is 0 Å². The van der Waals surface area contributed by atoms with Crippen molar-refractivity contribution in [1.82, 2.24) is 25.2 Å². The summed E-state index contributed by atoms with van der Waals surface area (Å²) in [5.74, 6) is 0.0545. The van der Waals surface area contributed by atoms with Crippen LogP contribution < -0.4 is 10.7 Å². The zero-order valence-corrected chi connectivity index (χ0v) is 22.0. The van der Waals surface area contributed by atoms with Crippen LogP contribution in [-0.4, -0.2) is 55.2 Å². The number of amides is 2. The molecule has 10 nitrogen and oxygen atoms in total. The Morgan fingerprint density at radius 2 is 1.95 bits per heavy atom. The molecule has 37 heavy (non-hydrogen) atoms. The van der Waals surface area contributed by atoms with Crippen molar-refractivity contribution in [3.63, 3.8) is 0 Å². The number of aliphatic hydroxyl groups excluding tert-OH is 1. The minimum Gasteiger partial charge on any atom is -0.445 e. The van der Waals surface area contributed by atoms with Crippen molar-refractivity contribution in [1.29, 1.82) is 0 Å². The lowest BCUT2D eigenvalue weighted by molar-refractivity contribution is -0.126. The molecule has 2 heterocycles. The van der Waals surface area contributed by atoms with Gasteiger partial charge in [0.05, 0.1) is 12.2 Å². The Morgan fingerprint density at radius 3 is 2.59 bits per heavy atom. The Bertz CT molecular complexity index is 1110. The topological polar surface area (TPSA) is 134 Å². The normalized spacial score (nSPS) is 14.0. The van der Waals surface area contributed by atoms with E-state index in [1.54, 1.807) is 18.5 Å². The molecule has 4 N–H and O–H groups in total. The first kappa shape index (κ1) is 27.9. The lowest BCUT2D eigenvalue weighted by atomic mass is 9.87. The van der Waals surface area contributed by atoms with Gasteiger partial charge < -0.3 is 20.1 Å². The van der Waals surface area contributed by atoms with Gasteiger partial charge in [-0.2, -0.15) is 9.89 Å². The number of hydrogen-bond acceptors (Lipinski definition) is 6. The van der Waals surface area contributed by atoms with Crippen molar-refractivity contribution in [3.05, 3.63) is 72.1 Å². The van der Waals surface area contributed by atoms with E-state index in [9.17, 15) is 14.7 Å². The Balaban J connectivity index is 1.63. The molecule has 0 unspecified atom stereocenters. The summed E-state index contributed by atoms with van der Waals surface area (Å²) < 4.78 is 5.82. The third kappa shape index (κ3) is 8.75. The second kappa shape index (κ2) is 13.0. The number of unbranched alkanes of at least 4 members (excludes halogenated alkanes) is 1. The molecule has 1 aromatic carbocycles. The van der Waals surface area contributed by atoms with Crippen molar-refractivity contribution in [2.45, 2.75) is 78.0 Å². The quantitative estimate of drug-likeness (QED) is 0.294. The van der Waals surface area contributed by atoms with Crippen molar-refractivity contribution in [3.8, 4) is 0 Å². The van der Waals surface area contributed by atoms with Gasteiger partial charge in [-0.3, -0.25) is 4.79 Å². The Hall–Kier alpha value is -3.66. The first-order valence-electron chi connectivity index (χ1n) is 12.7. The summed E-state index contributed by atoms with van der Waals surface area (Å²) in [5.41, 5.74) is 4.26. The molecule has 0 spiro atoms. The van der Waals surface area contributed by atoms with Crippen molar-refractivity contribution in [2.75, 3.05) is 5.43 Å². The number of ether oxygens (including phenoxy) is 1. The van der Waals surface area contributed by atoms with Gasteiger partial charge in [0.1, 0.15) is 11.9 Å². The fourth-order valence-corrected chi connectivity index (χ4v) is 3.86. The molecule has 0 aliphatic rings. The van der Waals surface area contributed by atoms with Gasteiger partial charge in [0.25, 0.3) is 5.91 Å². The minimum atomic E-state index is -1.47. The Kier molecular flexibility index (Phi) is 9.85. The van der Waals surface area contributed by atoms with E-state index in [1.165, 1.54) is 16.6 Å². The monoisotopic (exact) mass is 510 g/mol. The minimum absolute atomic E-state index is 0.376. The number of rotatable bonds is 12. The number of hydrogen-bond donors (Lipinski definition) is 4. The smallest absolute Gasteiger partial charge is 0.407 e. The molecule has 3 rings (SSSR count). The lowest BCUT2D eigenvalue weighted by Gasteiger charge is -2.31. The van der Waals surface area contributed by atoms with Gasteiger partial charge in [-0.1, -0.05) is 70.9 Å². The van der Waals surface area contributed by atoms with E-state index in [-0.39, 0.29) is 5.41 Å². The van der Waals surface area contributed by atoms with Crippen LogP contribution in [0, 0.1) is 5.41 Å². The molecule has 0 saturated carbocycles. The van der Waals surface area contributed by atoms with E-state index >= 15 is 0 Å². The predicted molar refractivity (Wildman–Crippen MR) is 140 cm³/mol. The van der Waals surface area contributed by atoms with Crippen LogP contribution in [0.1, 0.15) is 64.0 Å². The molecular weight excluding hydrogens is 472 g/mol. The summed E-state index contributed by atoms with van der Waals surface area (Å²) in [6.07, 6.45) is 5.30. The van der Waals surface area contributed by atoms with Gasteiger partial charge in [-0.05, 0) is 23.5 Å². The van der Waals surface area contributed by atoms with Crippen LogP contribution >= 0.6 is 0 Å². The molecule has 0 saturated heterocycles. The molecule has 0 radical (unpaired) electrons. The molecule has 200 valence electrons. The maximum Gasteiger partial charge on any atom is 0.407 e. The van der Waals surface area contributed by atoms with Crippen LogP contribution in [0.5, 0.6) is 0 Å². The number of nitrogens with one attached hydrogen (secondary N) is 3. The van der Waals surface area contributed by atoms with Crippen molar-refractivity contribution >= 4 is 12.0 Å². The maximum atomic E-state index is 12.9. The van der Waals surface area contributed by atoms with Crippen molar-refractivity contribution < 1.29 is 19.4 Å². The number of carbonyl (C=O) groups is 2. The van der Waals surface area contributed by atoms with Gasteiger partial charge in [-0.25, -0.2) is 15.2 Å². The van der Waals surface area contributed by atoms with Crippen LogP contribution in [0.15, 0.2) is 55.0 Å². The van der Waals surface area contributed by atoms with E-state index in [2.05, 4.69) is 37.9 Å². The summed E-state index contributed by atoms with van der Waals surface area (Å²) in [5, 5.41) is 17.3. The molecule has 3 aromatic rings. The van der Waals surface area contributed by atoms with E-state index in [0.717, 1.165) is 30.8 Å². The van der Waals surface area contributed by atoms with E-state index in [1.807, 2.05) is 45.9 Å². The lowest BCUT2D eigenvalue weighted by Crippen LogP contribution is -2.51. The van der Waals surface area contributed by atoms with E-state index in [4.69, 9.17) is 4.74 Å². The number of alkyl carbamates (subject to hydrolysis) is 1. The molecule has 0 aliphatic heterocycles. The molecule has 0 aliphatic carbocycles. The molecular formula is C27H38N6O4. The highest BCUT2D eigenvalue weighted by Gasteiger charge is 2.33. The molecule has 0 fully saturated rings. The SMILES string of the molecule is CCCC[C@H](NC(=O)O[C@@H](Cc1ncc(Cc2ccccc2)[nH]1)C(C)(C)C)[C@@H](O)C(=O)Nn1cccn1. The summed E-state index contributed by atoms with van der Waals surface area (Å²) in [6, 6.07) is 10.9. The second-order valence-electron chi connectivity index (χ2n) is 10.2. The fraction of sp³-hybridized carbons (Fsp3) is 0.481. The number of benzene rings is 1. The van der Waals surface area contributed by atoms with Gasteiger partial charge in [-0.15, -0.1) is 0 Å². The number of aromatic amines is 1. The van der Waals surface area contributed by atoms with Crippen LogP contribution in [0.2, 0.25) is 0 Å². The second-order valence-corrected chi connectivity index (χ2v) is 10.2. The number of imidazole rings is 1. The average molecular weight is 511 g/mol. The molecule has 0 bridgehead atoms.